The van der Waals surface area contributed by atoms with Crippen LogP contribution in [0.1, 0.15) is 107 Å². The van der Waals surface area contributed by atoms with E-state index in [2.05, 4.69) is 107 Å². The molecule has 338 valence electrons. The predicted octanol–water partition coefficient (Wildman–Crippen LogP) is 13.3. The van der Waals surface area contributed by atoms with Gasteiger partial charge in [0.25, 0.3) is 5.97 Å². The summed E-state index contributed by atoms with van der Waals surface area (Å²) in [7, 11) is -6.32. The molecule has 5 rings (SSSR count). The van der Waals surface area contributed by atoms with Crippen molar-refractivity contribution in [3.8, 4) is 5.75 Å². The first-order valence-corrected chi connectivity index (χ1v) is 30.7. The molecule has 3 aliphatic heterocycles. The topological polar surface area (TPSA) is 64.6 Å². The van der Waals surface area contributed by atoms with Crippen molar-refractivity contribution >= 4 is 25.0 Å². The molecule has 0 unspecified atom stereocenters. The lowest BCUT2D eigenvalue weighted by Gasteiger charge is -2.50. The highest BCUT2D eigenvalue weighted by molar-refractivity contribution is 6.74. The Morgan fingerprint density at radius 3 is 1.92 bits per heavy atom. The minimum Gasteiger partial charge on any atom is -0.491 e. The first-order valence-electron chi connectivity index (χ1n) is 22.7. The highest BCUT2D eigenvalue weighted by Crippen LogP contribution is 2.46. The highest BCUT2D eigenvalue weighted by Gasteiger charge is 2.51. The number of rotatable bonds is 23. The molecule has 5 atom stereocenters. The zero-order valence-corrected chi connectivity index (χ0v) is 41.6. The monoisotopic (exact) mass is 885 g/mol. The predicted molar refractivity (Wildman–Crippen MR) is 240 cm³/mol. The second kappa shape index (κ2) is 20.9. The Balaban J connectivity index is 1.66. The fourth-order valence-electron chi connectivity index (χ4n) is 8.57. The van der Waals surface area contributed by atoms with E-state index in [0.29, 0.717) is 26.2 Å². The molecule has 1 aromatic carbocycles. The smallest absolute Gasteiger partial charge is 0.416 e. The molecule has 1 saturated carbocycles. The Labute approximate surface area is 358 Å². The van der Waals surface area contributed by atoms with Crippen LogP contribution in [-0.4, -0.2) is 75.7 Å². The Morgan fingerprint density at radius 2 is 1.39 bits per heavy atom. The van der Waals surface area contributed by atoms with E-state index in [1.807, 2.05) is 0 Å². The molecule has 1 aromatic rings. The van der Waals surface area contributed by atoms with E-state index in [4.69, 9.17) is 32.2 Å². The summed E-state index contributed by atoms with van der Waals surface area (Å²) in [5, 5.41) is -0.0812. The molecule has 4 fully saturated rings. The maximum absolute atomic E-state index is 13.6. The molecule has 2 bridgehead atoms. The van der Waals surface area contributed by atoms with E-state index in [1.165, 1.54) is 6.07 Å². The number of benzene rings is 1. The maximum atomic E-state index is 13.6. The summed E-state index contributed by atoms with van der Waals surface area (Å²) in [5.74, 6) is -0.491. The van der Waals surface area contributed by atoms with Gasteiger partial charge < -0.3 is 32.2 Å². The van der Waals surface area contributed by atoms with E-state index >= 15 is 0 Å². The van der Waals surface area contributed by atoms with Crippen molar-refractivity contribution in [2.45, 2.75) is 186 Å². The van der Waals surface area contributed by atoms with Gasteiger partial charge in [-0.25, -0.2) is 0 Å². The van der Waals surface area contributed by atoms with Crippen LogP contribution in [0.25, 0.3) is 0 Å². The normalized spacial score (nSPS) is 27.6. The first kappa shape index (κ1) is 50.3. The summed E-state index contributed by atoms with van der Waals surface area (Å²) in [6.45, 7) is 28.9. The van der Waals surface area contributed by atoms with E-state index in [0.717, 1.165) is 74.1 Å². The molecule has 1 aliphatic carbocycles. The van der Waals surface area contributed by atoms with Gasteiger partial charge in [0.1, 0.15) is 12.4 Å². The van der Waals surface area contributed by atoms with E-state index in [-0.39, 0.29) is 46.9 Å². The zero-order valence-electron chi connectivity index (χ0n) is 38.6. The molecule has 59 heavy (non-hydrogen) atoms. The van der Waals surface area contributed by atoms with Crippen molar-refractivity contribution in [1.29, 1.82) is 0 Å². The molecule has 0 amide bonds. The molecule has 4 aliphatic rings. The van der Waals surface area contributed by atoms with E-state index in [1.54, 1.807) is 6.07 Å². The minimum atomic E-state index is -4.46. The highest BCUT2D eigenvalue weighted by atomic mass is 28.4. The standard InChI is InChI=1S/C46H79F3O7Si3/c1-13-58(14-2,15-3)55-41-31-42(56-59(16-4,17-5)18-6)40(39(41)26-21-19-20-22-29-45-51-33-44(10,34-52-45)35-53-45)28-27-38(54-57(11,12)43(7,8)9)32-50-37-25-23-24-36(30-37)46(47,48)49/h19,21,23-25,27-28,30,38-42H,13-18,20,22,26,29,31-35H2,1-12H3/b21-19-,28-27?/t38-,39-,40-,41+,42-,44?,45?/m1/s1. The van der Waals surface area contributed by atoms with Gasteiger partial charge in [-0.2, -0.15) is 13.2 Å². The van der Waals surface area contributed by atoms with Crippen LogP contribution in [0.5, 0.6) is 5.75 Å². The number of hydrogen-bond donors (Lipinski definition) is 0. The van der Waals surface area contributed by atoms with Crippen LogP contribution in [0.15, 0.2) is 48.6 Å². The fourth-order valence-corrected chi connectivity index (χ4v) is 15.6. The Kier molecular flexibility index (Phi) is 17.9. The first-order chi connectivity index (χ1) is 27.7. The van der Waals surface area contributed by atoms with Gasteiger partial charge in [0.2, 0.25) is 0 Å². The summed E-state index contributed by atoms with van der Waals surface area (Å²) < 4.78 is 87.0. The van der Waals surface area contributed by atoms with Crippen molar-refractivity contribution < 1.29 is 45.4 Å². The van der Waals surface area contributed by atoms with Gasteiger partial charge in [-0.1, -0.05) is 99.6 Å². The summed E-state index contributed by atoms with van der Waals surface area (Å²) in [5.41, 5.74) is -0.784. The Hall–Kier alpha value is -1.30. The molecular weight excluding hydrogens is 806 g/mol. The van der Waals surface area contributed by atoms with Crippen LogP contribution < -0.4 is 4.74 Å². The molecule has 13 heteroatoms. The second-order valence-electron chi connectivity index (χ2n) is 19.4. The van der Waals surface area contributed by atoms with Gasteiger partial charge in [0, 0.05) is 17.8 Å². The molecule has 0 radical (unpaired) electrons. The quantitative estimate of drug-likeness (QED) is 0.0616. The third-order valence-corrected chi connectivity index (χ3v) is 28.1. The summed E-state index contributed by atoms with van der Waals surface area (Å²) in [4.78, 5) is 0. The third kappa shape index (κ3) is 13.1. The van der Waals surface area contributed by atoms with Crippen LogP contribution in [-0.2, 0) is 33.7 Å². The van der Waals surface area contributed by atoms with Gasteiger partial charge in [-0.15, -0.1) is 0 Å². The van der Waals surface area contributed by atoms with Crippen molar-refractivity contribution in [3.63, 3.8) is 0 Å². The molecule has 0 spiro atoms. The number of unbranched alkanes of at least 4 members (excludes halogenated alkanes) is 1. The number of ether oxygens (including phenoxy) is 4. The van der Waals surface area contributed by atoms with Crippen LogP contribution in [0.4, 0.5) is 13.2 Å². The summed E-state index contributed by atoms with van der Waals surface area (Å²) in [6, 6.07) is 11.5. The molecule has 3 heterocycles. The number of allylic oxidation sites excluding steroid dienone is 2. The van der Waals surface area contributed by atoms with Crippen molar-refractivity contribution in [3.05, 3.63) is 54.1 Å². The fraction of sp³-hybridized carbons (Fsp3) is 0.783. The third-order valence-electron chi connectivity index (χ3n) is 14.3. The van der Waals surface area contributed by atoms with Gasteiger partial charge in [-0.05, 0) is 104 Å². The zero-order chi connectivity index (χ0) is 43.8. The largest absolute Gasteiger partial charge is 0.491 e. The second-order valence-corrected chi connectivity index (χ2v) is 33.6. The van der Waals surface area contributed by atoms with Crippen LogP contribution in [0, 0.1) is 17.3 Å². The number of halogens is 3. The van der Waals surface area contributed by atoms with Gasteiger partial charge in [0.05, 0.1) is 43.7 Å². The molecule has 0 aromatic heterocycles. The van der Waals surface area contributed by atoms with Crippen LogP contribution >= 0.6 is 0 Å². The summed E-state index contributed by atoms with van der Waals surface area (Å²) >= 11 is 0. The lowest BCUT2D eigenvalue weighted by molar-refractivity contribution is -0.467. The van der Waals surface area contributed by atoms with Gasteiger partial charge in [0.15, 0.2) is 25.0 Å². The number of fused-ring (bicyclic) bond motifs is 3. The lowest BCUT2D eigenvalue weighted by Crippen LogP contribution is -2.58. The van der Waals surface area contributed by atoms with E-state index < -0.39 is 48.8 Å². The molecule has 0 N–H and O–H groups in total. The van der Waals surface area contributed by atoms with E-state index in [9.17, 15) is 13.2 Å². The SMILES string of the molecule is CC[Si](CC)(CC)O[C@H]1C[C@@H](O[Si](CC)(CC)CC)[C@H](C=C[C@H](COc2cccc(C(F)(F)F)c2)O[Si](C)(C)C(C)(C)C)[C@H]1C/C=C\CCCC12OCC(C)(CO1)CO2. The van der Waals surface area contributed by atoms with Gasteiger partial charge >= 0.3 is 6.18 Å². The van der Waals surface area contributed by atoms with Crippen LogP contribution in [0.3, 0.4) is 0 Å². The lowest BCUT2D eigenvalue weighted by atomic mass is 9.89. The van der Waals surface area contributed by atoms with Crippen molar-refractivity contribution in [2.75, 3.05) is 26.4 Å². The summed E-state index contributed by atoms with van der Waals surface area (Å²) in [6.07, 6.45) is 8.34. The van der Waals surface area contributed by atoms with Gasteiger partial charge in [-0.3, -0.25) is 0 Å². The average Bonchev–Trinajstić information content (AvgIpc) is 3.52. The van der Waals surface area contributed by atoms with Crippen molar-refractivity contribution in [2.24, 2.45) is 17.3 Å². The molecule has 7 nitrogen and oxygen atoms in total. The minimum absolute atomic E-state index is 0.00910. The maximum Gasteiger partial charge on any atom is 0.416 e. The number of alkyl halides is 3. The molecular formula is C46H79F3O7Si3. The van der Waals surface area contributed by atoms with Crippen molar-refractivity contribution in [1.82, 2.24) is 0 Å². The Morgan fingerprint density at radius 1 is 0.831 bits per heavy atom. The average molecular weight is 885 g/mol. The molecule has 3 saturated heterocycles. The van der Waals surface area contributed by atoms with Crippen LogP contribution in [0.2, 0.25) is 54.4 Å². The Bertz CT molecular complexity index is 1460. The number of hydrogen-bond acceptors (Lipinski definition) is 7.